The summed E-state index contributed by atoms with van der Waals surface area (Å²) in [6.45, 7) is 0. The Bertz CT molecular complexity index is 796. The van der Waals surface area contributed by atoms with E-state index in [1.165, 1.54) is 11.3 Å². The van der Waals surface area contributed by atoms with Gasteiger partial charge in [-0.2, -0.15) is 0 Å². The molecule has 3 aromatic rings. The average molecular weight is 350 g/mol. The van der Waals surface area contributed by atoms with Gasteiger partial charge < -0.3 is 4.90 Å². The van der Waals surface area contributed by atoms with Crippen LogP contribution in [0, 0.1) is 0 Å². The van der Waals surface area contributed by atoms with E-state index in [4.69, 9.17) is 0 Å². The number of carbonyl (C=O) groups excluding carboxylic acids is 1. The molecule has 0 unspecified atom stereocenters. The molecule has 0 aliphatic carbocycles. The van der Waals surface area contributed by atoms with E-state index in [2.05, 4.69) is 15.0 Å². The molecule has 0 atom stereocenters. The summed E-state index contributed by atoms with van der Waals surface area (Å²) in [5, 5.41) is 5.88. The summed E-state index contributed by atoms with van der Waals surface area (Å²) in [5.41, 5.74) is 1.97. The van der Waals surface area contributed by atoms with Gasteiger partial charge in [-0.25, -0.2) is 15.0 Å². The van der Waals surface area contributed by atoms with Crippen LogP contribution in [0.4, 0.5) is 0 Å². The number of carbonyl (C=O) groups is 1. The van der Waals surface area contributed by atoms with E-state index in [-0.39, 0.29) is 5.91 Å². The fourth-order valence-corrected chi connectivity index (χ4v) is 4.52. The zero-order chi connectivity index (χ0) is 15.5. The van der Waals surface area contributed by atoms with Gasteiger partial charge in [-0.1, -0.05) is 11.8 Å². The maximum atomic E-state index is 11.7. The van der Waals surface area contributed by atoms with Gasteiger partial charge in [0.1, 0.15) is 16.4 Å². The number of thiazole rings is 1. The van der Waals surface area contributed by atoms with Crippen molar-refractivity contribution in [2.45, 2.75) is 17.2 Å². The minimum Gasteiger partial charge on any atom is -0.348 e. The lowest BCUT2D eigenvalue weighted by atomic mass is 10.4. The van der Waals surface area contributed by atoms with E-state index in [1.807, 2.05) is 16.8 Å². The molecule has 0 N–H and O–H groups in total. The summed E-state index contributed by atoms with van der Waals surface area (Å²) in [5.74, 6) is 0.820. The second-order valence-electron chi connectivity index (χ2n) is 4.80. The van der Waals surface area contributed by atoms with Crippen molar-refractivity contribution in [3.05, 3.63) is 33.9 Å². The van der Waals surface area contributed by atoms with Crippen LogP contribution in [-0.4, -0.2) is 39.9 Å². The maximum Gasteiger partial charge on any atom is 0.228 e. The smallest absolute Gasteiger partial charge is 0.228 e. The van der Waals surface area contributed by atoms with E-state index in [9.17, 15) is 4.79 Å². The minimum absolute atomic E-state index is 0.0737. The number of hydrogen-bond acceptors (Lipinski definition) is 7. The van der Waals surface area contributed by atoms with Gasteiger partial charge in [-0.05, 0) is 11.4 Å². The van der Waals surface area contributed by atoms with Crippen LogP contribution in [0.3, 0.4) is 0 Å². The number of amides is 1. The summed E-state index contributed by atoms with van der Waals surface area (Å²) in [6.07, 6.45) is 1.96. The lowest BCUT2D eigenvalue weighted by Crippen LogP contribution is -2.23. The number of aromatic nitrogens is 3. The highest BCUT2D eigenvalue weighted by molar-refractivity contribution is 7.98. The van der Waals surface area contributed by atoms with Crippen LogP contribution in [0.15, 0.2) is 28.2 Å². The second kappa shape index (κ2) is 6.72. The molecule has 3 aromatic heterocycles. The van der Waals surface area contributed by atoms with Crippen molar-refractivity contribution in [1.29, 1.82) is 0 Å². The van der Waals surface area contributed by atoms with E-state index in [0.717, 1.165) is 31.7 Å². The first kappa shape index (κ1) is 15.4. The van der Waals surface area contributed by atoms with Crippen molar-refractivity contribution in [3.8, 4) is 0 Å². The molecule has 0 fully saturated rings. The maximum absolute atomic E-state index is 11.7. The summed E-state index contributed by atoms with van der Waals surface area (Å²) in [6, 6.07) is 2.00. The second-order valence-corrected chi connectivity index (χ2v) is 7.62. The number of nitrogens with zero attached hydrogens (tertiary/aromatic N) is 4. The summed E-state index contributed by atoms with van der Waals surface area (Å²) >= 11 is 4.84. The van der Waals surface area contributed by atoms with Crippen LogP contribution in [0.25, 0.3) is 10.2 Å². The standard InChI is InChI=1S/C14H14N4OS3/c1-18(2)12(19)5-11-17-9(6-21-11)7-22-14-13-10(3-4-20-13)15-8-16-14/h3-4,6,8H,5,7H2,1-2H3. The van der Waals surface area contributed by atoms with Crippen LogP contribution in [-0.2, 0) is 17.0 Å². The highest BCUT2D eigenvalue weighted by atomic mass is 32.2. The van der Waals surface area contributed by atoms with Gasteiger partial charge in [0.25, 0.3) is 0 Å². The topological polar surface area (TPSA) is 59.0 Å². The molecule has 114 valence electrons. The summed E-state index contributed by atoms with van der Waals surface area (Å²) in [7, 11) is 3.52. The summed E-state index contributed by atoms with van der Waals surface area (Å²) in [4.78, 5) is 26.4. The molecule has 3 rings (SSSR count). The van der Waals surface area contributed by atoms with E-state index < -0.39 is 0 Å². The van der Waals surface area contributed by atoms with E-state index >= 15 is 0 Å². The molecule has 0 spiro atoms. The monoisotopic (exact) mass is 350 g/mol. The van der Waals surface area contributed by atoms with E-state index in [0.29, 0.717) is 6.42 Å². The Labute approximate surface area is 140 Å². The van der Waals surface area contributed by atoms with Crippen LogP contribution in [0.5, 0.6) is 0 Å². The first-order valence-electron chi connectivity index (χ1n) is 6.58. The predicted octanol–water partition coefficient (Wildman–Crippen LogP) is 3.07. The molecule has 5 nitrogen and oxygen atoms in total. The Balaban J connectivity index is 1.66. The van der Waals surface area contributed by atoms with Gasteiger partial charge in [0.05, 0.1) is 22.3 Å². The number of thiophene rings is 1. The molecule has 0 bridgehead atoms. The highest BCUT2D eigenvalue weighted by Crippen LogP contribution is 2.30. The van der Waals surface area contributed by atoms with Gasteiger partial charge in [-0.15, -0.1) is 22.7 Å². The number of hydrogen-bond donors (Lipinski definition) is 0. The van der Waals surface area contributed by atoms with Gasteiger partial charge in [-0.3, -0.25) is 4.79 Å². The fraction of sp³-hybridized carbons (Fsp3) is 0.286. The zero-order valence-corrected chi connectivity index (χ0v) is 14.6. The molecule has 8 heteroatoms. The first-order valence-corrected chi connectivity index (χ1v) is 9.32. The number of rotatable bonds is 5. The number of thioether (sulfide) groups is 1. The Hall–Kier alpha value is -1.51. The SMILES string of the molecule is CN(C)C(=O)Cc1nc(CSc2ncnc3ccsc23)cs1. The van der Waals surface area contributed by atoms with Crippen molar-refractivity contribution >= 4 is 50.6 Å². The Kier molecular flexibility index (Phi) is 4.70. The molecule has 0 aliphatic rings. The summed E-state index contributed by atoms with van der Waals surface area (Å²) < 4.78 is 1.12. The molecule has 0 aliphatic heterocycles. The molecule has 0 radical (unpaired) electrons. The van der Waals surface area contributed by atoms with Crippen molar-refractivity contribution in [1.82, 2.24) is 19.9 Å². The molecule has 0 aromatic carbocycles. The van der Waals surface area contributed by atoms with Crippen molar-refractivity contribution < 1.29 is 4.79 Å². The van der Waals surface area contributed by atoms with Crippen LogP contribution in [0.1, 0.15) is 10.7 Å². The first-order chi connectivity index (χ1) is 10.6. The quantitative estimate of drug-likeness (QED) is 0.523. The fourth-order valence-electron chi connectivity index (χ4n) is 1.80. The van der Waals surface area contributed by atoms with Crippen molar-refractivity contribution in [3.63, 3.8) is 0 Å². The number of likely N-dealkylation sites (N-methyl/N-ethyl adjacent to an activating group) is 1. The number of fused-ring (bicyclic) bond motifs is 1. The molecule has 3 heterocycles. The van der Waals surface area contributed by atoms with Gasteiger partial charge in [0.2, 0.25) is 5.91 Å². The van der Waals surface area contributed by atoms with Crippen molar-refractivity contribution in [2.75, 3.05) is 14.1 Å². The third-order valence-corrected chi connectivity index (χ3v) is 5.93. The molecular formula is C14H14N4OS3. The van der Waals surface area contributed by atoms with Crippen molar-refractivity contribution in [2.24, 2.45) is 0 Å². The lowest BCUT2D eigenvalue weighted by molar-refractivity contribution is -0.127. The predicted molar refractivity (Wildman–Crippen MR) is 91.5 cm³/mol. The zero-order valence-electron chi connectivity index (χ0n) is 12.1. The molecule has 0 saturated heterocycles. The van der Waals surface area contributed by atoms with Crippen LogP contribution >= 0.6 is 34.4 Å². The molecule has 1 amide bonds. The minimum atomic E-state index is 0.0737. The third kappa shape index (κ3) is 3.45. The normalized spacial score (nSPS) is 11.0. The van der Waals surface area contributed by atoms with Gasteiger partial charge in [0.15, 0.2) is 0 Å². The Morgan fingerprint density at radius 1 is 1.32 bits per heavy atom. The van der Waals surface area contributed by atoms with Gasteiger partial charge in [0, 0.05) is 25.2 Å². The van der Waals surface area contributed by atoms with Crippen LogP contribution in [0.2, 0.25) is 0 Å². The molecule has 22 heavy (non-hydrogen) atoms. The van der Waals surface area contributed by atoms with Gasteiger partial charge >= 0.3 is 0 Å². The molecular weight excluding hydrogens is 336 g/mol. The molecule has 0 saturated carbocycles. The highest BCUT2D eigenvalue weighted by Gasteiger charge is 2.11. The lowest BCUT2D eigenvalue weighted by Gasteiger charge is -2.07. The largest absolute Gasteiger partial charge is 0.348 e. The Morgan fingerprint density at radius 3 is 3.00 bits per heavy atom. The average Bonchev–Trinajstić information content (AvgIpc) is 3.13. The van der Waals surface area contributed by atoms with E-state index in [1.54, 1.807) is 48.4 Å². The Morgan fingerprint density at radius 2 is 2.18 bits per heavy atom. The third-order valence-electron chi connectivity index (χ3n) is 2.97. The van der Waals surface area contributed by atoms with Crippen LogP contribution < -0.4 is 0 Å².